The van der Waals surface area contributed by atoms with Gasteiger partial charge in [-0.15, -0.1) is 0 Å². The molecule has 20 nitrogen and oxygen atoms in total. The van der Waals surface area contributed by atoms with Gasteiger partial charge >= 0.3 is 33.3 Å². The summed E-state index contributed by atoms with van der Waals surface area (Å²) in [5.74, 6) is -0.797. The first-order valence-electron chi connectivity index (χ1n) is 23.6. The molecule has 1 fully saturated rings. The summed E-state index contributed by atoms with van der Waals surface area (Å²) in [6.07, 6.45) is 24.0. The molecule has 0 amide bonds. The van der Waals surface area contributed by atoms with Crippen LogP contribution < -0.4 is 11.4 Å². The zero-order chi connectivity index (χ0) is 51.1. The van der Waals surface area contributed by atoms with Crippen LogP contribution in [-0.2, 0) is 46.3 Å². The highest BCUT2D eigenvalue weighted by atomic mass is 31.3. The number of carbonyl (C=O) groups excluding carboxylic acids is 2. The van der Waals surface area contributed by atoms with Gasteiger partial charge in [-0.2, -0.15) is 9.29 Å². The number of hydrogen-bond acceptors (Lipinski definition) is 17. The number of phosphoric acid groups is 2. The van der Waals surface area contributed by atoms with Gasteiger partial charge in [-0.05, 0) is 50.5 Å². The summed E-state index contributed by atoms with van der Waals surface area (Å²) in [5, 5.41) is 40.9. The normalized spacial score (nSPS) is 21.4. The van der Waals surface area contributed by atoms with Crippen LogP contribution in [0.3, 0.4) is 0 Å². The van der Waals surface area contributed by atoms with Crippen LogP contribution in [0.4, 0.5) is 5.82 Å². The Kier molecular flexibility index (Phi) is 30.6. The Hall–Kier alpha value is -3.88. The Labute approximate surface area is 405 Å². The number of esters is 2. The number of unbranched alkanes of at least 4 members (excludes halogenated alkanes) is 5. The van der Waals surface area contributed by atoms with Crippen LogP contribution in [-0.4, -0.2) is 108 Å². The maximum Gasteiger partial charge on any atom is 0.481 e. The molecule has 8 N–H and O–H groups in total. The fourth-order valence-electron chi connectivity index (χ4n) is 6.43. The van der Waals surface area contributed by atoms with E-state index in [0.717, 1.165) is 55.7 Å². The minimum Gasteiger partial charge on any atom is -0.462 e. The van der Waals surface area contributed by atoms with Gasteiger partial charge in [0, 0.05) is 19.0 Å². The van der Waals surface area contributed by atoms with Gasteiger partial charge in [-0.3, -0.25) is 23.2 Å². The second-order valence-corrected chi connectivity index (χ2v) is 19.6. The molecule has 1 aliphatic heterocycles. The maximum atomic E-state index is 12.8. The van der Waals surface area contributed by atoms with Crippen LogP contribution in [0.15, 0.2) is 90.0 Å². The summed E-state index contributed by atoms with van der Waals surface area (Å²) in [5.41, 5.74) is 4.56. The maximum absolute atomic E-state index is 12.8. The molecule has 390 valence electrons. The van der Waals surface area contributed by atoms with Crippen LogP contribution in [0.1, 0.15) is 123 Å². The molecule has 0 spiro atoms. The number of anilines is 1. The van der Waals surface area contributed by atoms with Gasteiger partial charge in [0.25, 0.3) is 0 Å². The van der Waals surface area contributed by atoms with E-state index in [1.54, 1.807) is 42.5 Å². The Morgan fingerprint density at radius 3 is 2.10 bits per heavy atom. The van der Waals surface area contributed by atoms with E-state index in [9.17, 15) is 53.7 Å². The minimum absolute atomic E-state index is 0.00666. The van der Waals surface area contributed by atoms with Crippen LogP contribution in [0.5, 0.6) is 0 Å². The van der Waals surface area contributed by atoms with Gasteiger partial charge in [0.1, 0.15) is 30.7 Å². The molecule has 10 atom stereocenters. The van der Waals surface area contributed by atoms with Crippen molar-refractivity contribution in [3.05, 3.63) is 95.7 Å². The lowest BCUT2D eigenvalue weighted by Gasteiger charge is -2.21. The summed E-state index contributed by atoms with van der Waals surface area (Å²) in [7, 11) is -10.9. The highest BCUT2D eigenvalue weighted by Gasteiger charge is 2.46. The number of aliphatic hydroxyl groups is 4. The van der Waals surface area contributed by atoms with Crippen molar-refractivity contribution < 1.29 is 76.5 Å². The molecule has 22 heteroatoms. The zero-order valence-electron chi connectivity index (χ0n) is 40.0. The molecule has 2 heterocycles. The molecule has 1 aromatic heterocycles. The van der Waals surface area contributed by atoms with Gasteiger partial charge in [0.05, 0.1) is 25.4 Å². The third kappa shape index (κ3) is 27.9. The van der Waals surface area contributed by atoms with E-state index in [2.05, 4.69) is 23.1 Å². The lowest BCUT2D eigenvalue weighted by molar-refractivity contribution is -0.161. The third-order valence-corrected chi connectivity index (χ3v) is 13.1. The van der Waals surface area contributed by atoms with Crippen molar-refractivity contribution in [2.45, 2.75) is 160 Å². The number of aliphatic hydroxyl groups excluding tert-OH is 4. The molecule has 1 aliphatic rings. The van der Waals surface area contributed by atoms with Gasteiger partial charge < -0.3 is 50.2 Å². The number of rotatable bonds is 36. The average Bonchev–Trinajstić information content (AvgIpc) is 3.57. The van der Waals surface area contributed by atoms with Crippen molar-refractivity contribution in [1.29, 1.82) is 0 Å². The molecule has 0 aromatic carbocycles. The SMILES string of the molecule is CC/C=C\C[C@@H](O)/C=C/C=C\C=C\[C@@H](O)C/C=C\C/C=C\CCC(=O)OC[C@H](COP(=O)(O)OP(=O)(O)OC[C@H]1O[C@@H](n2ccc(N)nc2=O)[C@H](O)[C@@H]1O)OC(=O)CCCCCCCCC(C)CC. The first-order chi connectivity index (χ1) is 32.9. The lowest BCUT2D eigenvalue weighted by atomic mass is 10.00. The number of ether oxygens (including phenoxy) is 3. The molecular formula is C47H75N3O17P2. The van der Waals surface area contributed by atoms with Crippen molar-refractivity contribution >= 4 is 33.4 Å². The van der Waals surface area contributed by atoms with Crippen molar-refractivity contribution in [2.75, 3.05) is 25.6 Å². The van der Waals surface area contributed by atoms with E-state index in [4.69, 9.17) is 29.0 Å². The number of aromatic nitrogens is 2. The monoisotopic (exact) mass is 1020 g/mol. The molecule has 1 aromatic rings. The quantitative estimate of drug-likeness (QED) is 0.0120. The molecule has 0 bridgehead atoms. The fraction of sp³-hybridized carbons (Fsp3) is 0.617. The molecule has 0 saturated carbocycles. The summed E-state index contributed by atoms with van der Waals surface area (Å²) in [4.78, 5) is 61.7. The van der Waals surface area contributed by atoms with Crippen LogP contribution in [0.25, 0.3) is 0 Å². The lowest BCUT2D eigenvalue weighted by Crippen LogP contribution is -2.36. The van der Waals surface area contributed by atoms with Crippen molar-refractivity contribution in [2.24, 2.45) is 5.92 Å². The standard InChI is InChI=1S/C47H75N3O17P2/c1-4-6-17-25-37(51)27-20-15-16-21-28-38(52)26-19-12-8-10-13-22-29-42(53)62-33-39(65-43(54)30-23-14-9-7-11-18-24-36(3)5-2)34-63-68(58,59)67-69(60,61)64-35-40-44(55)45(56)46(66-40)50-32-31-41(48)49-47(50)57/h6,10,12-13,15-17,19-21,27-28,31-32,36-40,44-46,51-52,55-56H,4-5,7-9,11,14,18,22-26,29-30,33-35H2,1-3H3,(H,58,59)(H,60,61)(H2,48,49,57)/b13-10-,16-15-,17-6-,19-12-,27-20+,28-21+/t36?,37-,38+,39-,40-,44-,45-,46-/m1/s1. The molecular weight excluding hydrogens is 940 g/mol. The Balaban J connectivity index is 1.87. The van der Waals surface area contributed by atoms with Gasteiger partial charge in [-0.25, -0.2) is 13.9 Å². The average molecular weight is 1020 g/mol. The second-order valence-electron chi connectivity index (χ2n) is 16.5. The van der Waals surface area contributed by atoms with E-state index in [1.807, 2.05) is 37.3 Å². The van der Waals surface area contributed by atoms with E-state index in [0.29, 0.717) is 38.0 Å². The number of hydrogen-bond donors (Lipinski definition) is 7. The van der Waals surface area contributed by atoms with Gasteiger partial charge in [0.15, 0.2) is 12.3 Å². The number of nitrogens with zero attached hydrogens (tertiary/aromatic N) is 2. The van der Waals surface area contributed by atoms with E-state index < -0.39 is 95.9 Å². The van der Waals surface area contributed by atoms with E-state index >= 15 is 0 Å². The number of nitrogens with two attached hydrogens (primary N) is 1. The Morgan fingerprint density at radius 1 is 0.826 bits per heavy atom. The van der Waals surface area contributed by atoms with Crippen LogP contribution >= 0.6 is 15.6 Å². The molecule has 2 rings (SSSR count). The summed E-state index contributed by atoms with van der Waals surface area (Å²) in [6, 6.07) is 1.23. The summed E-state index contributed by atoms with van der Waals surface area (Å²) >= 11 is 0. The largest absolute Gasteiger partial charge is 0.481 e. The van der Waals surface area contributed by atoms with Crippen molar-refractivity contribution in [3.63, 3.8) is 0 Å². The van der Waals surface area contributed by atoms with Gasteiger partial charge in [0.2, 0.25) is 0 Å². The fourth-order valence-corrected chi connectivity index (χ4v) is 8.54. The second kappa shape index (κ2) is 34.4. The number of nitrogen functional groups attached to an aromatic ring is 1. The Bertz CT molecular complexity index is 1990. The van der Waals surface area contributed by atoms with Crippen molar-refractivity contribution in [3.8, 4) is 0 Å². The number of carbonyl (C=O) groups is 2. The zero-order valence-corrected chi connectivity index (χ0v) is 41.8. The topological polar surface area (TPSA) is 306 Å². The van der Waals surface area contributed by atoms with Gasteiger partial charge in [-0.1, -0.05) is 139 Å². The predicted octanol–water partition coefficient (Wildman–Crippen LogP) is 6.74. The first kappa shape index (κ1) is 61.2. The minimum atomic E-state index is -5.46. The Morgan fingerprint density at radius 2 is 1.45 bits per heavy atom. The third-order valence-electron chi connectivity index (χ3n) is 10.5. The summed E-state index contributed by atoms with van der Waals surface area (Å²) < 4.78 is 56.4. The van der Waals surface area contributed by atoms with Crippen molar-refractivity contribution in [1.82, 2.24) is 9.55 Å². The first-order valence-corrected chi connectivity index (χ1v) is 26.6. The van der Waals surface area contributed by atoms with E-state index in [1.165, 1.54) is 12.5 Å². The summed E-state index contributed by atoms with van der Waals surface area (Å²) in [6.45, 7) is 3.97. The molecule has 0 radical (unpaired) electrons. The molecule has 69 heavy (non-hydrogen) atoms. The number of allylic oxidation sites excluding steroid dienone is 8. The highest BCUT2D eigenvalue weighted by Crippen LogP contribution is 2.60. The highest BCUT2D eigenvalue weighted by molar-refractivity contribution is 7.61. The molecule has 3 unspecified atom stereocenters. The van der Waals surface area contributed by atoms with Crippen LogP contribution in [0, 0.1) is 5.92 Å². The number of phosphoric ester groups is 2. The van der Waals surface area contributed by atoms with Crippen LogP contribution in [0.2, 0.25) is 0 Å². The molecule has 1 saturated heterocycles. The molecule has 0 aliphatic carbocycles. The van der Waals surface area contributed by atoms with E-state index in [-0.39, 0.29) is 18.7 Å². The predicted molar refractivity (Wildman–Crippen MR) is 259 cm³/mol. The smallest absolute Gasteiger partial charge is 0.462 e.